The first-order chi connectivity index (χ1) is 6.22. The third-order valence-electron chi connectivity index (χ3n) is 1.87. The normalized spacial score (nSPS) is 11.0. The summed E-state index contributed by atoms with van der Waals surface area (Å²) in [6.07, 6.45) is 0. The van der Waals surface area contributed by atoms with Crippen molar-refractivity contribution in [1.29, 1.82) is 0 Å². The predicted molar refractivity (Wildman–Crippen MR) is 55.0 cm³/mol. The van der Waals surface area contributed by atoms with E-state index in [0.717, 1.165) is 9.60 Å². The Kier molecular flexibility index (Phi) is 2.27. The van der Waals surface area contributed by atoms with Crippen LogP contribution in [-0.2, 0) is 6.61 Å². The van der Waals surface area contributed by atoms with Crippen molar-refractivity contribution in [2.24, 2.45) is 0 Å². The lowest BCUT2D eigenvalue weighted by Gasteiger charge is -2.00. The molecule has 13 heavy (non-hydrogen) atoms. The van der Waals surface area contributed by atoms with E-state index >= 15 is 0 Å². The molecule has 0 spiro atoms. The molecule has 0 radical (unpaired) electrons. The average molecular weight is 214 g/mol. The van der Waals surface area contributed by atoms with Crippen LogP contribution in [0.25, 0.3) is 10.1 Å². The number of hydrogen-bond acceptors (Lipinski definition) is 3. The fourth-order valence-electron chi connectivity index (χ4n) is 1.32. The maximum Gasteiger partial charge on any atom is 0.142 e. The molecule has 2 aromatic rings. The largest absolute Gasteiger partial charge is 0.392 e. The van der Waals surface area contributed by atoms with Crippen LogP contribution in [0.2, 0.25) is 0 Å². The predicted octanol–water partition coefficient (Wildman–Crippen LogP) is 2.82. The molecule has 0 bridgehead atoms. The second-order valence-electron chi connectivity index (χ2n) is 2.72. The van der Waals surface area contributed by atoms with Gasteiger partial charge in [-0.3, -0.25) is 0 Å². The van der Waals surface area contributed by atoms with E-state index in [-0.39, 0.29) is 12.4 Å². The van der Waals surface area contributed by atoms with Gasteiger partial charge in [0.2, 0.25) is 0 Å². The Morgan fingerprint density at radius 1 is 1.46 bits per heavy atom. The maximum absolute atomic E-state index is 13.2. The van der Waals surface area contributed by atoms with Gasteiger partial charge in [-0.1, -0.05) is 0 Å². The van der Waals surface area contributed by atoms with Crippen LogP contribution in [0.3, 0.4) is 0 Å². The summed E-state index contributed by atoms with van der Waals surface area (Å²) >= 11 is 5.49. The van der Waals surface area contributed by atoms with Crippen LogP contribution >= 0.6 is 24.0 Å². The van der Waals surface area contributed by atoms with Crippen LogP contribution in [0, 0.1) is 5.82 Å². The number of aliphatic hydroxyl groups excluding tert-OH is 1. The van der Waals surface area contributed by atoms with E-state index in [0.29, 0.717) is 10.9 Å². The summed E-state index contributed by atoms with van der Waals surface area (Å²) in [5.74, 6) is -0.266. The first-order valence-corrected chi connectivity index (χ1v) is 5.04. The number of hydrogen-bond donors (Lipinski definition) is 2. The molecule has 1 N–H and O–H groups in total. The first-order valence-electron chi connectivity index (χ1n) is 3.72. The van der Waals surface area contributed by atoms with E-state index in [9.17, 15) is 4.39 Å². The number of rotatable bonds is 1. The Morgan fingerprint density at radius 2 is 2.23 bits per heavy atom. The van der Waals surface area contributed by atoms with Gasteiger partial charge in [0.15, 0.2) is 0 Å². The zero-order valence-electron chi connectivity index (χ0n) is 6.62. The minimum atomic E-state index is -0.266. The molecule has 4 heteroatoms. The second-order valence-corrected chi connectivity index (χ2v) is 4.15. The fraction of sp³-hybridized carbons (Fsp3) is 0.111. The molecule has 2 rings (SSSR count). The van der Waals surface area contributed by atoms with Crippen LogP contribution < -0.4 is 0 Å². The molecule has 0 saturated carbocycles. The van der Waals surface area contributed by atoms with E-state index in [1.807, 2.05) is 0 Å². The molecule has 0 aliphatic heterocycles. The summed E-state index contributed by atoms with van der Waals surface area (Å²) in [5, 5.41) is 11.0. The SMILES string of the molecule is OCc1cc(S)cc2scc(F)c12. The lowest BCUT2D eigenvalue weighted by Crippen LogP contribution is -1.85. The van der Waals surface area contributed by atoms with Gasteiger partial charge in [0.05, 0.1) is 6.61 Å². The highest BCUT2D eigenvalue weighted by Gasteiger charge is 2.08. The zero-order chi connectivity index (χ0) is 9.42. The van der Waals surface area contributed by atoms with Gasteiger partial charge in [-0.25, -0.2) is 4.39 Å². The van der Waals surface area contributed by atoms with Crippen LogP contribution in [0.1, 0.15) is 5.56 Å². The van der Waals surface area contributed by atoms with E-state index < -0.39 is 0 Å². The van der Waals surface area contributed by atoms with Gasteiger partial charge in [0, 0.05) is 20.4 Å². The molecule has 0 atom stereocenters. The highest BCUT2D eigenvalue weighted by molar-refractivity contribution is 7.80. The van der Waals surface area contributed by atoms with Crippen LogP contribution in [0.4, 0.5) is 4.39 Å². The Hall–Kier alpha value is -0.580. The summed E-state index contributed by atoms with van der Waals surface area (Å²) in [7, 11) is 0. The first kappa shape index (κ1) is 8.99. The molecule has 1 aromatic heterocycles. The number of fused-ring (bicyclic) bond motifs is 1. The summed E-state index contributed by atoms with van der Waals surface area (Å²) < 4.78 is 14.0. The van der Waals surface area contributed by atoms with Crippen LogP contribution in [0.15, 0.2) is 22.4 Å². The average Bonchev–Trinajstić information content (AvgIpc) is 2.46. The molecule has 0 saturated heterocycles. The van der Waals surface area contributed by atoms with Gasteiger partial charge in [-0.15, -0.1) is 24.0 Å². The van der Waals surface area contributed by atoms with Crippen molar-refractivity contribution in [3.63, 3.8) is 0 Å². The fourth-order valence-corrected chi connectivity index (χ4v) is 2.58. The van der Waals surface area contributed by atoms with Gasteiger partial charge in [0.1, 0.15) is 5.82 Å². The molecule has 1 heterocycles. The molecular formula is C9H7FOS2. The van der Waals surface area contributed by atoms with E-state index in [2.05, 4.69) is 12.6 Å². The Labute approximate surface area is 84.2 Å². The quantitative estimate of drug-likeness (QED) is 0.699. The van der Waals surface area contributed by atoms with Crippen molar-refractivity contribution in [3.05, 3.63) is 28.9 Å². The van der Waals surface area contributed by atoms with Crippen molar-refractivity contribution in [1.82, 2.24) is 0 Å². The topological polar surface area (TPSA) is 20.2 Å². The van der Waals surface area contributed by atoms with E-state index in [4.69, 9.17) is 5.11 Å². The van der Waals surface area contributed by atoms with Gasteiger partial charge in [-0.2, -0.15) is 0 Å². The van der Waals surface area contributed by atoms with Crippen LogP contribution in [0.5, 0.6) is 0 Å². The van der Waals surface area contributed by atoms with Crippen molar-refractivity contribution in [3.8, 4) is 0 Å². The number of aliphatic hydroxyl groups is 1. The van der Waals surface area contributed by atoms with Crippen molar-refractivity contribution in [2.45, 2.75) is 11.5 Å². The summed E-state index contributed by atoms with van der Waals surface area (Å²) in [5.41, 5.74) is 0.598. The standard InChI is InChI=1S/C9H7FOS2/c10-7-4-13-8-2-6(12)1-5(3-11)9(7)8/h1-2,4,11-12H,3H2. The van der Waals surface area contributed by atoms with Crippen molar-refractivity contribution in [2.75, 3.05) is 0 Å². The summed E-state index contributed by atoms with van der Waals surface area (Å²) in [6, 6.07) is 3.48. The van der Waals surface area contributed by atoms with Crippen LogP contribution in [-0.4, -0.2) is 5.11 Å². The molecule has 0 aliphatic rings. The minimum absolute atomic E-state index is 0.154. The smallest absolute Gasteiger partial charge is 0.142 e. The maximum atomic E-state index is 13.2. The minimum Gasteiger partial charge on any atom is -0.392 e. The molecule has 1 aromatic carbocycles. The summed E-state index contributed by atoms with van der Waals surface area (Å²) in [6.45, 7) is -0.154. The number of thiol groups is 1. The second kappa shape index (κ2) is 3.29. The number of thiophene rings is 1. The third-order valence-corrected chi connectivity index (χ3v) is 3.03. The Morgan fingerprint density at radius 3 is 2.92 bits per heavy atom. The monoisotopic (exact) mass is 214 g/mol. The highest BCUT2D eigenvalue weighted by Crippen LogP contribution is 2.30. The van der Waals surface area contributed by atoms with Crippen molar-refractivity contribution >= 4 is 34.1 Å². The highest BCUT2D eigenvalue weighted by atomic mass is 32.1. The van der Waals surface area contributed by atoms with E-state index in [1.54, 1.807) is 12.1 Å². The number of benzene rings is 1. The van der Waals surface area contributed by atoms with Gasteiger partial charge in [-0.05, 0) is 17.7 Å². The van der Waals surface area contributed by atoms with Gasteiger partial charge < -0.3 is 5.11 Å². The van der Waals surface area contributed by atoms with E-state index in [1.165, 1.54) is 16.7 Å². The third kappa shape index (κ3) is 1.45. The Balaban J connectivity index is 2.85. The lowest BCUT2D eigenvalue weighted by molar-refractivity contribution is 0.283. The van der Waals surface area contributed by atoms with Crippen molar-refractivity contribution < 1.29 is 9.50 Å². The molecule has 0 amide bonds. The molecule has 1 nitrogen and oxygen atoms in total. The molecule has 68 valence electrons. The van der Waals surface area contributed by atoms with Gasteiger partial charge >= 0.3 is 0 Å². The molecule has 0 unspecified atom stereocenters. The Bertz CT molecular complexity index is 450. The molecular weight excluding hydrogens is 207 g/mol. The lowest BCUT2D eigenvalue weighted by atomic mass is 10.1. The number of halogens is 1. The molecule has 0 fully saturated rings. The zero-order valence-corrected chi connectivity index (χ0v) is 8.33. The van der Waals surface area contributed by atoms with Gasteiger partial charge in [0.25, 0.3) is 0 Å². The molecule has 0 aliphatic carbocycles. The summed E-state index contributed by atoms with van der Waals surface area (Å²) in [4.78, 5) is 0.749.